The zero-order chi connectivity index (χ0) is 39.5. The Labute approximate surface area is 329 Å². The molecular weight excluding hydrogens is 719 g/mol. The third-order valence-corrected chi connectivity index (χ3v) is 16.0. The highest BCUT2D eigenvalue weighted by atomic mass is 28.3. The van der Waals surface area contributed by atoms with Gasteiger partial charge >= 0.3 is 0 Å². The maximum Gasteiger partial charge on any atom is 0.264 e. The van der Waals surface area contributed by atoms with Crippen LogP contribution in [0.1, 0.15) is 40.4 Å². The van der Waals surface area contributed by atoms with Gasteiger partial charge in [0.1, 0.15) is 5.75 Å². The zero-order valence-corrected chi connectivity index (χ0v) is 33.4. The maximum atomic E-state index is 15.3. The van der Waals surface area contributed by atoms with Crippen LogP contribution in [0.2, 0.25) is 18.6 Å². The van der Waals surface area contributed by atoms with Crippen molar-refractivity contribution < 1.29 is 29.0 Å². The van der Waals surface area contributed by atoms with E-state index < -0.39 is 19.8 Å². The van der Waals surface area contributed by atoms with Crippen molar-refractivity contribution in [2.45, 2.75) is 56.8 Å². The van der Waals surface area contributed by atoms with Crippen LogP contribution in [-0.4, -0.2) is 62.2 Å². The lowest BCUT2D eigenvalue weighted by atomic mass is 9.82. The number of hydrogen-bond acceptors (Lipinski definition) is 6. The Morgan fingerprint density at radius 3 is 2.12 bits per heavy atom. The number of carbonyl (C=O) groups excluding carboxylic acids is 3. The summed E-state index contributed by atoms with van der Waals surface area (Å²) in [5.74, 6) is -0.220. The molecule has 3 amide bonds. The minimum atomic E-state index is -2.57. The van der Waals surface area contributed by atoms with Crippen molar-refractivity contribution in [1.82, 2.24) is 4.90 Å². The molecule has 0 saturated carbocycles. The molecule has 56 heavy (non-hydrogen) atoms. The molecule has 1 saturated heterocycles. The van der Waals surface area contributed by atoms with Gasteiger partial charge in [-0.05, 0) is 59.1 Å². The molecule has 5 aromatic carbocycles. The molecule has 2 heterocycles. The average Bonchev–Trinajstić information content (AvgIpc) is 3.64. The first kappa shape index (κ1) is 38.7. The summed E-state index contributed by atoms with van der Waals surface area (Å²) < 4.78 is 12.8. The Morgan fingerprint density at radius 1 is 0.875 bits per heavy atom. The van der Waals surface area contributed by atoms with Gasteiger partial charge in [0.15, 0.2) is 5.60 Å². The molecule has 0 aliphatic carbocycles. The first-order valence-electron chi connectivity index (χ1n) is 19.2. The number of aliphatic hydroxyl groups excluding tert-OH is 1. The van der Waals surface area contributed by atoms with E-state index in [0.717, 1.165) is 22.1 Å². The molecule has 1 spiro atoms. The van der Waals surface area contributed by atoms with E-state index in [-0.39, 0.29) is 48.8 Å². The molecule has 10 heteroatoms. The number of rotatable bonds is 13. The summed E-state index contributed by atoms with van der Waals surface area (Å²) in [4.78, 5) is 46.6. The van der Waals surface area contributed by atoms with Crippen molar-refractivity contribution >= 4 is 42.4 Å². The van der Waals surface area contributed by atoms with Crippen molar-refractivity contribution in [1.29, 1.82) is 0 Å². The van der Waals surface area contributed by atoms with Gasteiger partial charge in [-0.2, -0.15) is 0 Å². The number of nitrogens with zero attached hydrogens (tertiary/aromatic N) is 2. The second-order valence-corrected chi connectivity index (χ2v) is 20.0. The second kappa shape index (κ2) is 16.3. The second-order valence-electron chi connectivity index (χ2n) is 15.3. The molecule has 1 fully saturated rings. The number of ether oxygens (including phenoxy) is 2. The van der Waals surface area contributed by atoms with Gasteiger partial charge < -0.3 is 29.7 Å². The van der Waals surface area contributed by atoms with Gasteiger partial charge in [-0.1, -0.05) is 116 Å². The number of hydrogen-bond donors (Lipinski definition) is 2. The van der Waals surface area contributed by atoms with E-state index in [2.05, 4.69) is 37.5 Å². The van der Waals surface area contributed by atoms with Crippen molar-refractivity contribution in [3.63, 3.8) is 0 Å². The number of carbonyl (C=O) groups is 3. The molecule has 0 radical (unpaired) electrons. The summed E-state index contributed by atoms with van der Waals surface area (Å²) in [6.07, 6.45) is -0.601. The van der Waals surface area contributed by atoms with Gasteiger partial charge in [-0.25, -0.2) is 0 Å². The van der Waals surface area contributed by atoms with Crippen LogP contribution >= 0.6 is 0 Å². The first-order chi connectivity index (χ1) is 27.1. The van der Waals surface area contributed by atoms with Crippen LogP contribution in [0.15, 0.2) is 133 Å². The molecule has 0 bridgehead atoms. The largest absolute Gasteiger partial charge is 0.497 e. The summed E-state index contributed by atoms with van der Waals surface area (Å²) in [7, 11) is -0.925. The highest BCUT2D eigenvalue weighted by Gasteiger charge is 2.66. The van der Waals surface area contributed by atoms with Crippen LogP contribution in [0.4, 0.5) is 11.4 Å². The van der Waals surface area contributed by atoms with Gasteiger partial charge in [-0.15, -0.1) is 0 Å². The Morgan fingerprint density at radius 2 is 1.50 bits per heavy atom. The Balaban J connectivity index is 1.32. The summed E-state index contributed by atoms with van der Waals surface area (Å²) in [5, 5.41) is 14.3. The number of aliphatic hydroxyl groups is 1. The number of methoxy groups -OCH3 is 1. The van der Waals surface area contributed by atoms with E-state index in [0.29, 0.717) is 35.6 Å². The van der Waals surface area contributed by atoms with Gasteiger partial charge in [0.05, 0.1) is 46.5 Å². The van der Waals surface area contributed by atoms with Gasteiger partial charge in [-0.3, -0.25) is 14.4 Å². The lowest BCUT2D eigenvalue weighted by Crippen LogP contribution is -2.52. The van der Waals surface area contributed by atoms with Crippen LogP contribution < -0.4 is 20.1 Å². The van der Waals surface area contributed by atoms with E-state index in [9.17, 15) is 14.7 Å². The molecule has 0 unspecified atom stereocenters. The number of anilines is 2. The van der Waals surface area contributed by atoms with Crippen LogP contribution in [0.5, 0.6) is 5.75 Å². The van der Waals surface area contributed by atoms with Crippen molar-refractivity contribution in [2.75, 3.05) is 30.5 Å². The summed E-state index contributed by atoms with van der Waals surface area (Å²) in [5.41, 5.74) is 2.74. The molecule has 2 N–H and O–H groups in total. The van der Waals surface area contributed by atoms with E-state index in [1.807, 2.05) is 109 Å². The van der Waals surface area contributed by atoms with Crippen molar-refractivity contribution in [2.24, 2.45) is 5.92 Å². The molecule has 9 nitrogen and oxygen atoms in total. The highest BCUT2D eigenvalue weighted by Crippen LogP contribution is 2.60. The number of nitrogens with one attached hydrogen (secondary N) is 1. The third-order valence-electron chi connectivity index (χ3n) is 11.6. The van der Waals surface area contributed by atoms with Crippen LogP contribution in [-0.2, 0) is 33.0 Å². The van der Waals surface area contributed by atoms with E-state index in [1.165, 1.54) is 0 Å². The fraction of sp³-hybridized carbons (Fsp3) is 0.283. The lowest BCUT2D eigenvalue weighted by Gasteiger charge is -2.37. The summed E-state index contributed by atoms with van der Waals surface area (Å²) in [6.45, 7) is 7.31. The Hall–Kier alpha value is -5.55. The first-order valence-corrected chi connectivity index (χ1v) is 22.3. The molecular formula is C46H49N3O6Si. The Bertz CT molecular complexity index is 2170. The standard InChI is InChI=1S/C46H49N3O6Si/c1-32-43(56(3,4)38-23-21-37(54-2)22-24-38)41(29-42(51)48(26-27-50)30-33-14-8-5-9-15-33)55-46(32)39-28-36(47-44(52)35-18-12-7-13-19-35)20-25-40(39)49(45(46)53)31-34-16-10-6-11-17-34/h5-25,28,32,41,43,50H,26-27,29-31H2,1-4H3,(H,47,52)/t32-,41+,43-,46+/m0/s1. The highest BCUT2D eigenvalue weighted by molar-refractivity contribution is 6.91. The topological polar surface area (TPSA) is 108 Å². The molecule has 4 atom stereocenters. The van der Waals surface area contributed by atoms with Crippen LogP contribution in [0.25, 0.3) is 0 Å². The molecule has 0 aromatic heterocycles. The maximum absolute atomic E-state index is 15.3. The van der Waals surface area contributed by atoms with Gasteiger partial charge in [0, 0.05) is 35.8 Å². The fourth-order valence-corrected chi connectivity index (χ4v) is 12.8. The van der Waals surface area contributed by atoms with E-state index >= 15 is 4.79 Å². The SMILES string of the molecule is COc1ccc([Si](C)(C)[C@@H]2[C@@H](CC(=O)N(CCO)Cc3ccccc3)O[C@]3(C(=O)N(Cc4ccccc4)c4ccc(NC(=O)c5ccccc5)cc43)[C@H]2C)cc1. The molecule has 2 aliphatic heterocycles. The average molecular weight is 768 g/mol. The third kappa shape index (κ3) is 7.39. The van der Waals surface area contributed by atoms with Crippen molar-refractivity contribution in [3.8, 4) is 5.75 Å². The lowest BCUT2D eigenvalue weighted by molar-refractivity contribution is -0.150. The minimum absolute atomic E-state index is 0.0297. The Kier molecular flexibility index (Phi) is 11.2. The molecule has 2 aliphatic rings. The van der Waals surface area contributed by atoms with Gasteiger partial charge in [0.2, 0.25) is 5.91 Å². The number of fused-ring (bicyclic) bond motifs is 2. The van der Waals surface area contributed by atoms with Crippen LogP contribution in [0.3, 0.4) is 0 Å². The monoisotopic (exact) mass is 767 g/mol. The number of benzene rings is 5. The van der Waals surface area contributed by atoms with E-state index in [4.69, 9.17) is 9.47 Å². The summed E-state index contributed by atoms with van der Waals surface area (Å²) in [6, 6.07) is 42.3. The smallest absolute Gasteiger partial charge is 0.264 e. The van der Waals surface area contributed by atoms with E-state index in [1.54, 1.807) is 29.0 Å². The molecule has 7 rings (SSSR count). The predicted molar refractivity (Wildman–Crippen MR) is 222 cm³/mol. The predicted octanol–water partition coefficient (Wildman–Crippen LogP) is 7.12. The quantitative estimate of drug-likeness (QED) is 0.124. The fourth-order valence-electron chi connectivity index (χ4n) is 8.82. The normalized spacial score (nSPS) is 20.2. The summed E-state index contributed by atoms with van der Waals surface area (Å²) >= 11 is 0. The zero-order valence-electron chi connectivity index (χ0n) is 32.4. The number of amides is 3. The van der Waals surface area contributed by atoms with Gasteiger partial charge in [0.25, 0.3) is 11.8 Å². The minimum Gasteiger partial charge on any atom is -0.497 e. The molecule has 288 valence electrons. The van der Waals surface area contributed by atoms with Crippen molar-refractivity contribution in [3.05, 3.63) is 156 Å². The van der Waals surface area contributed by atoms with Crippen LogP contribution in [0, 0.1) is 5.92 Å². The molecule has 5 aromatic rings.